The van der Waals surface area contributed by atoms with Crippen LogP contribution in [0.15, 0.2) is 42.7 Å². The molecule has 0 aliphatic carbocycles. The summed E-state index contributed by atoms with van der Waals surface area (Å²) in [5, 5.41) is 9.71. The standard InChI is InChI=1S/C21H17F2N5O2/c22-21(23)5-6-27(11-21)14-1-3-16(13(7-14)9-24)19-10-30-20(29)28(19)15-2-4-17-18(8-15)26-12-25-17/h1-4,7-8,12,19H,5-6,10-11H2,(H,25,26). The molecule has 2 aromatic carbocycles. The molecule has 2 saturated heterocycles. The normalized spacial score (nSPS) is 20.6. The number of halogens is 2. The molecule has 0 bridgehead atoms. The maximum Gasteiger partial charge on any atom is 0.415 e. The van der Waals surface area contributed by atoms with Crippen molar-refractivity contribution >= 4 is 28.5 Å². The lowest BCUT2D eigenvalue weighted by Crippen LogP contribution is -2.28. The molecule has 2 fully saturated rings. The number of nitrogens with zero attached hydrogens (tertiary/aromatic N) is 4. The number of carbonyl (C=O) groups is 1. The van der Waals surface area contributed by atoms with Gasteiger partial charge in [-0.1, -0.05) is 6.07 Å². The number of imidazole rings is 1. The number of carbonyl (C=O) groups excluding carboxylic acids is 1. The molecule has 9 heteroatoms. The second-order valence-corrected chi connectivity index (χ2v) is 7.48. The van der Waals surface area contributed by atoms with Crippen molar-refractivity contribution in [3.63, 3.8) is 0 Å². The molecule has 0 spiro atoms. The predicted octanol–water partition coefficient (Wildman–Crippen LogP) is 3.98. The quantitative estimate of drug-likeness (QED) is 0.707. The number of rotatable bonds is 3. The fraction of sp³-hybridized carbons (Fsp3) is 0.286. The lowest BCUT2D eigenvalue weighted by molar-refractivity contribution is 0.0257. The minimum absolute atomic E-state index is 0.0905. The van der Waals surface area contributed by atoms with Gasteiger partial charge in [-0.05, 0) is 35.9 Å². The van der Waals surface area contributed by atoms with E-state index in [0.29, 0.717) is 28.0 Å². The highest BCUT2D eigenvalue weighted by Crippen LogP contribution is 2.37. The number of hydrogen-bond acceptors (Lipinski definition) is 5. The first kappa shape index (κ1) is 18.4. The van der Waals surface area contributed by atoms with Gasteiger partial charge in [0.05, 0.1) is 41.2 Å². The van der Waals surface area contributed by atoms with E-state index in [-0.39, 0.29) is 26.1 Å². The minimum Gasteiger partial charge on any atom is -0.447 e. The van der Waals surface area contributed by atoms with Crippen LogP contribution >= 0.6 is 0 Å². The molecule has 1 N–H and O–H groups in total. The number of amides is 1. The third-order valence-corrected chi connectivity index (χ3v) is 5.61. The molecular formula is C21H17F2N5O2. The van der Waals surface area contributed by atoms with Crippen LogP contribution in [0.5, 0.6) is 0 Å². The number of cyclic esters (lactones) is 1. The van der Waals surface area contributed by atoms with Gasteiger partial charge in [-0.25, -0.2) is 18.6 Å². The van der Waals surface area contributed by atoms with Gasteiger partial charge in [-0.3, -0.25) is 4.90 Å². The number of anilines is 2. The number of nitrogens with one attached hydrogen (secondary N) is 1. The number of nitriles is 1. The minimum atomic E-state index is -2.72. The summed E-state index contributed by atoms with van der Waals surface area (Å²) in [6.45, 7) is -0.0384. The van der Waals surface area contributed by atoms with Crippen molar-refractivity contribution in [1.29, 1.82) is 5.26 Å². The average Bonchev–Trinajstić information content (AvgIpc) is 3.45. The Morgan fingerprint density at radius 1 is 1.23 bits per heavy atom. The Morgan fingerprint density at radius 2 is 2.07 bits per heavy atom. The van der Waals surface area contributed by atoms with Crippen LogP contribution in [-0.4, -0.2) is 41.7 Å². The van der Waals surface area contributed by atoms with Crippen molar-refractivity contribution in [1.82, 2.24) is 9.97 Å². The number of fused-ring (bicyclic) bond motifs is 1. The van der Waals surface area contributed by atoms with Gasteiger partial charge in [0, 0.05) is 18.7 Å². The predicted molar refractivity (Wildman–Crippen MR) is 106 cm³/mol. The Labute approximate surface area is 170 Å². The van der Waals surface area contributed by atoms with E-state index in [0.717, 1.165) is 5.52 Å². The summed E-state index contributed by atoms with van der Waals surface area (Å²) in [6, 6.07) is 12.1. The van der Waals surface area contributed by atoms with E-state index in [1.54, 1.807) is 41.6 Å². The summed E-state index contributed by atoms with van der Waals surface area (Å²) < 4.78 is 32.4. The van der Waals surface area contributed by atoms with E-state index in [2.05, 4.69) is 16.0 Å². The zero-order valence-corrected chi connectivity index (χ0v) is 15.8. The molecule has 1 atom stereocenters. The number of ether oxygens (including phenoxy) is 1. The lowest BCUT2D eigenvalue weighted by Gasteiger charge is -2.24. The molecule has 2 aliphatic rings. The molecule has 1 unspecified atom stereocenters. The molecule has 1 amide bonds. The Morgan fingerprint density at radius 3 is 2.83 bits per heavy atom. The van der Waals surface area contributed by atoms with Gasteiger partial charge >= 0.3 is 6.09 Å². The van der Waals surface area contributed by atoms with Gasteiger partial charge < -0.3 is 14.6 Å². The lowest BCUT2D eigenvalue weighted by atomic mass is 9.99. The first-order valence-corrected chi connectivity index (χ1v) is 9.51. The first-order chi connectivity index (χ1) is 14.4. The van der Waals surface area contributed by atoms with Crippen LogP contribution in [-0.2, 0) is 4.74 Å². The van der Waals surface area contributed by atoms with Crippen LogP contribution in [0.25, 0.3) is 11.0 Å². The molecule has 1 aromatic heterocycles. The van der Waals surface area contributed by atoms with E-state index < -0.39 is 18.1 Å². The average molecular weight is 409 g/mol. The summed E-state index contributed by atoms with van der Waals surface area (Å²) in [7, 11) is 0. The van der Waals surface area contributed by atoms with Crippen molar-refractivity contribution in [2.24, 2.45) is 0 Å². The molecule has 3 heterocycles. The van der Waals surface area contributed by atoms with Crippen LogP contribution in [0.1, 0.15) is 23.6 Å². The number of H-pyrrole nitrogens is 1. The fourth-order valence-corrected chi connectivity index (χ4v) is 4.09. The second-order valence-electron chi connectivity index (χ2n) is 7.48. The smallest absolute Gasteiger partial charge is 0.415 e. The summed E-state index contributed by atoms with van der Waals surface area (Å²) in [6.07, 6.45) is 0.857. The topological polar surface area (TPSA) is 85.3 Å². The number of aromatic nitrogens is 2. The van der Waals surface area contributed by atoms with E-state index in [9.17, 15) is 18.8 Å². The molecule has 3 aromatic rings. The van der Waals surface area contributed by atoms with Crippen molar-refractivity contribution < 1.29 is 18.3 Å². The first-order valence-electron chi connectivity index (χ1n) is 9.51. The van der Waals surface area contributed by atoms with Crippen LogP contribution in [0.3, 0.4) is 0 Å². The molecule has 2 aliphatic heterocycles. The molecule has 0 radical (unpaired) electrons. The van der Waals surface area contributed by atoms with Crippen molar-refractivity contribution in [2.45, 2.75) is 18.4 Å². The van der Waals surface area contributed by atoms with Crippen molar-refractivity contribution in [3.8, 4) is 6.07 Å². The number of alkyl halides is 2. The van der Waals surface area contributed by atoms with E-state index >= 15 is 0 Å². The molecule has 0 saturated carbocycles. The summed E-state index contributed by atoms with van der Waals surface area (Å²) in [4.78, 5) is 22.8. The molecular weight excluding hydrogens is 392 g/mol. The summed E-state index contributed by atoms with van der Waals surface area (Å²) in [5.74, 6) is -2.72. The maximum absolute atomic E-state index is 13.6. The number of aromatic amines is 1. The zero-order valence-electron chi connectivity index (χ0n) is 15.8. The largest absolute Gasteiger partial charge is 0.447 e. The van der Waals surface area contributed by atoms with Gasteiger partial charge in [-0.15, -0.1) is 0 Å². The number of benzene rings is 2. The third-order valence-electron chi connectivity index (χ3n) is 5.61. The van der Waals surface area contributed by atoms with Crippen molar-refractivity contribution in [2.75, 3.05) is 29.5 Å². The van der Waals surface area contributed by atoms with Crippen LogP contribution in [0, 0.1) is 11.3 Å². The Bertz CT molecular complexity index is 1190. The van der Waals surface area contributed by atoms with Crippen molar-refractivity contribution in [3.05, 3.63) is 53.9 Å². The van der Waals surface area contributed by atoms with Gasteiger partial charge in [0.25, 0.3) is 5.92 Å². The highest BCUT2D eigenvalue weighted by molar-refractivity contribution is 5.93. The van der Waals surface area contributed by atoms with E-state index in [1.165, 1.54) is 4.90 Å². The molecule has 5 rings (SSSR count). The van der Waals surface area contributed by atoms with Gasteiger partial charge in [0.1, 0.15) is 12.6 Å². The Kier molecular flexibility index (Phi) is 4.10. The molecule has 7 nitrogen and oxygen atoms in total. The van der Waals surface area contributed by atoms with Gasteiger partial charge in [0.15, 0.2) is 0 Å². The SMILES string of the molecule is N#Cc1cc(N2CCC(F)(F)C2)ccc1C1COC(=O)N1c1ccc2[nH]cnc2c1. The third kappa shape index (κ3) is 3.01. The van der Waals surface area contributed by atoms with Gasteiger partial charge in [0.2, 0.25) is 0 Å². The zero-order chi connectivity index (χ0) is 20.9. The summed E-state index contributed by atoms with van der Waals surface area (Å²) in [5.41, 5.74) is 3.66. The van der Waals surface area contributed by atoms with Crippen LogP contribution < -0.4 is 9.80 Å². The fourth-order valence-electron chi connectivity index (χ4n) is 4.09. The number of hydrogen-bond donors (Lipinski definition) is 1. The Hall–Kier alpha value is -3.67. The Balaban J connectivity index is 1.50. The molecule has 30 heavy (non-hydrogen) atoms. The summed E-state index contributed by atoms with van der Waals surface area (Å²) >= 11 is 0. The van der Waals surface area contributed by atoms with Gasteiger partial charge in [-0.2, -0.15) is 5.26 Å². The highest BCUT2D eigenvalue weighted by Gasteiger charge is 2.39. The van der Waals surface area contributed by atoms with Crippen LogP contribution in [0.2, 0.25) is 0 Å². The maximum atomic E-state index is 13.6. The highest BCUT2D eigenvalue weighted by atomic mass is 19.3. The molecule has 152 valence electrons. The monoisotopic (exact) mass is 409 g/mol. The van der Waals surface area contributed by atoms with Crippen LogP contribution in [0.4, 0.5) is 25.0 Å². The second kappa shape index (κ2) is 6.69. The van der Waals surface area contributed by atoms with E-state index in [1.807, 2.05) is 6.07 Å². The van der Waals surface area contributed by atoms with E-state index in [4.69, 9.17) is 4.74 Å².